The summed E-state index contributed by atoms with van der Waals surface area (Å²) in [6, 6.07) is 20.2. The molecular weight excluding hydrogens is 422 g/mol. The van der Waals surface area contributed by atoms with Gasteiger partial charge in [0.25, 0.3) is 0 Å². The number of carbonyl (C=O) groups is 2. The predicted octanol–water partition coefficient (Wildman–Crippen LogP) is 4.76. The number of esters is 1. The number of aromatic hydroxyl groups is 1. The minimum atomic E-state index is -0.750. The highest BCUT2D eigenvalue weighted by atomic mass is 16.6. The van der Waals surface area contributed by atoms with Crippen LogP contribution in [0.3, 0.4) is 0 Å². The molecule has 33 heavy (non-hydrogen) atoms. The van der Waals surface area contributed by atoms with Crippen LogP contribution in [0.1, 0.15) is 42.4 Å². The molecule has 0 bridgehead atoms. The Balaban J connectivity index is 1.69. The van der Waals surface area contributed by atoms with E-state index in [2.05, 4.69) is 4.98 Å². The van der Waals surface area contributed by atoms with Crippen LogP contribution < -0.4 is 9.47 Å². The molecular formula is C26H27NO6. The summed E-state index contributed by atoms with van der Waals surface area (Å²) in [5.74, 6) is -1.34. The lowest BCUT2D eigenvalue weighted by atomic mass is 10.0. The van der Waals surface area contributed by atoms with Gasteiger partial charge in [0.05, 0.1) is 13.0 Å². The van der Waals surface area contributed by atoms with Gasteiger partial charge in [0.15, 0.2) is 29.1 Å². The second-order valence-corrected chi connectivity index (χ2v) is 7.64. The van der Waals surface area contributed by atoms with Crippen LogP contribution in [-0.4, -0.2) is 35.1 Å². The molecule has 0 saturated heterocycles. The maximum atomic E-state index is 12.8. The van der Waals surface area contributed by atoms with Crippen LogP contribution in [0.25, 0.3) is 0 Å². The Bertz CT molecular complexity index is 1070. The van der Waals surface area contributed by atoms with Crippen molar-refractivity contribution in [2.75, 3.05) is 7.11 Å². The SMILES string of the molecule is COc1ccnc(C(=O)C[C@@H](C)C(=O)O[C@@H](C)[C@H](Oc2ccccc2)c2ccccc2)c1O. The van der Waals surface area contributed by atoms with Crippen molar-refractivity contribution in [3.05, 3.63) is 84.2 Å². The first-order valence-corrected chi connectivity index (χ1v) is 10.6. The predicted molar refractivity (Wildman–Crippen MR) is 122 cm³/mol. The summed E-state index contributed by atoms with van der Waals surface area (Å²) in [5.41, 5.74) is 0.715. The van der Waals surface area contributed by atoms with Gasteiger partial charge in [0, 0.05) is 18.7 Å². The maximum Gasteiger partial charge on any atom is 0.309 e. The smallest absolute Gasteiger partial charge is 0.309 e. The van der Waals surface area contributed by atoms with Gasteiger partial charge in [-0.2, -0.15) is 0 Å². The Hall–Kier alpha value is -3.87. The summed E-state index contributed by atoms with van der Waals surface area (Å²) in [5, 5.41) is 10.2. The molecule has 3 atom stereocenters. The Morgan fingerprint density at radius 2 is 1.61 bits per heavy atom. The molecule has 1 heterocycles. The number of hydrogen-bond acceptors (Lipinski definition) is 7. The summed E-state index contributed by atoms with van der Waals surface area (Å²) in [6.07, 6.45) is 0.0300. The van der Waals surface area contributed by atoms with Crippen molar-refractivity contribution < 1.29 is 28.9 Å². The first kappa shape index (κ1) is 23.8. The number of benzene rings is 2. The van der Waals surface area contributed by atoms with Crippen LogP contribution in [0.15, 0.2) is 72.9 Å². The van der Waals surface area contributed by atoms with Crippen LogP contribution in [0.4, 0.5) is 0 Å². The number of aromatic nitrogens is 1. The Labute approximate surface area is 193 Å². The molecule has 0 spiro atoms. The van der Waals surface area contributed by atoms with Gasteiger partial charge in [-0.3, -0.25) is 9.59 Å². The topological polar surface area (TPSA) is 95.0 Å². The molecule has 1 aromatic heterocycles. The number of Topliss-reactive ketones (excluding diaryl/α,β-unsaturated/α-hetero) is 1. The molecule has 7 nitrogen and oxygen atoms in total. The average Bonchev–Trinajstić information content (AvgIpc) is 2.83. The third kappa shape index (κ3) is 6.10. The van der Waals surface area contributed by atoms with Crippen LogP contribution in [0.5, 0.6) is 17.2 Å². The molecule has 0 aliphatic carbocycles. The number of pyridine rings is 1. The summed E-state index contributed by atoms with van der Waals surface area (Å²) in [6.45, 7) is 3.35. The summed E-state index contributed by atoms with van der Waals surface area (Å²) in [4.78, 5) is 29.3. The largest absolute Gasteiger partial charge is 0.503 e. The minimum absolute atomic E-state index is 0.140. The molecule has 7 heteroatoms. The van der Waals surface area contributed by atoms with Gasteiger partial charge in [0.2, 0.25) is 0 Å². The molecule has 1 N–H and O–H groups in total. The van der Waals surface area contributed by atoms with Gasteiger partial charge >= 0.3 is 5.97 Å². The van der Waals surface area contributed by atoms with Gasteiger partial charge in [-0.05, 0) is 24.6 Å². The van der Waals surface area contributed by atoms with E-state index in [-0.39, 0.29) is 23.6 Å². The van der Waals surface area contributed by atoms with Gasteiger partial charge < -0.3 is 19.3 Å². The fourth-order valence-corrected chi connectivity index (χ4v) is 3.35. The zero-order chi connectivity index (χ0) is 23.8. The fourth-order valence-electron chi connectivity index (χ4n) is 3.35. The lowest BCUT2D eigenvalue weighted by Crippen LogP contribution is -2.29. The monoisotopic (exact) mass is 449 g/mol. The van der Waals surface area contributed by atoms with Crippen molar-refractivity contribution in [1.82, 2.24) is 4.98 Å². The lowest BCUT2D eigenvalue weighted by Gasteiger charge is -2.26. The van der Waals surface area contributed by atoms with E-state index in [0.29, 0.717) is 5.75 Å². The maximum absolute atomic E-state index is 12.8. The molecule has 2 aromatic carbocycles. The van der Waals surface area contributed by atoms with Crippen LogP contribution in [-0.2, 0) is 9.53 Å². The lowest BCUT2D eigenvalue weighted by molar-refractivity contribution is -0.157. The van der Waals surface area contributed by atoms with Gasteiger partial charge in [-0.25, -0.2) is 4.98 Å². The molecule has 3 aromatic rings. The minimum Gasteiger partial charge on any atom is -0.503 e. The van der Waals surface area contributed by atoms with E-state index in [9.17, 15) is 14.7 Å². The second-order valence-electron chi connectivity index (χ2n) is 7.64. The zero-order valence-electron chi connectivity index (χ0n) is 18.8. The summed E-state index contributed by atoms with van der Waals surface area (Å²) < 4.78 is 16.8. The number of nitrogens with zero attached hydrogens (tertiary/aromatic N) is 1. The summed E-state index contributed by atoms with van der Waals surface area (Å²) >= 11 is 0. The van der Waals surface area contributed by atoms with Crippen molar-refractivity contribution in [2.24, 2.45) is 5.92 Å². The third-order valence-electron chi connectivity index (χ3n) is 5.13. The highest BCUT2D eigenvalue weighted by Gasteiger charge is 2.29. The third-order valence-corrected chi connectivity index (χ3v) is 5.13. The molecule has 0 unspecified atom stereocenters. The molecule has 0 aliphatic heterocycles. The van der Waals surface area contributed by atoms with Crippen molar-refractivity contribution in [3.8, 4) is 17.2 Å². The number of para-hydroxylation sites is 1. The normalized spacial score (nSPS) is 13.4. The molecule has 0 aliphatic rings. The van der Waals surface area contributed by atoms with Gasteiger partial charge in [-0.15, -0.1) is 0 Å². The second kappa shape index (κ2) is 11.1. The highest BCUT2D eigenvalue weighted by Crippen LogP contribution is 2.30. The number of carbonyl (C=O) groups excluding carboxylic acids is 2. The fraction of sp³-hybridized carbons (Fsp3) is 0.269. The number of rotatable bonds is 10. The van der Waals surface area contributed by atoms with Crippen molar-refractivity contribution in [3.63, 3.8) is 0 Å². The molecule has 0 amide bonds. The van der Waals surface area contributed by atoms with E-state index in [4.69, 9.17) is 14.2 Å². The molecule has 3 rings (SSSR count). The van der Waals surface area contributed by atoms with Gasteiger partial charge in [0.1, 0.15) is 11.9 Å². The van der Waals surface area contributed by atoms with Crippen LogP contribution in [0.2, 0.25) is 0 Å². The Kier molecular flexibility index (Phi) is 8.02. The van der Waals surface area contributed by atoms with Crippen LogP contribution in [0, 0.1) is 5.92 Å². The van der Waals surface area contributed by atoms with E-state index in [1.165, 1.54) is 19.4 Å². The van der Waals surface area contributed by atoms with E-state index in [1.807, 2.05) is 60.7 Å². The van der Waals surface area contributed by atoms with Crippen molar-refractivity contribution in [2.45, 2.75) is 32.5 Å². The molecule has 172 valence electrons. The van der Waals surface area contributed by atoms with E-state index in [1.54, 1.807) is 13.8 Å². The Morgan fingerprint density at radius 1 is 0.970 bits per heavy atom. The number of hydrogen-bond donors (Lipinski definition) is 1. The number of methoxy groups -OCH3 is 1. The van der Waals surface area contributed by atoms with E-state index < -0.39 is 29.9 Å². The first-order chi connectivity index (χ1) is 15.9. The van der Waals surface area contributed by atoms with Crippen molar-refractivity contribution in [1.29, 1.82) is 0 Å². The van der Waals surface area contributed by atoms with Gasteiger partial charge in [-0.1, -0.05) is 55.5 Å². The Morgan fingerprint density at radius 3 is 2.24 bits per heavy atom. The molecule has 0 saturated carbocycles. The molecule has 0 radical (unpaired) electrons. The first-order valence-electron chi connectivity index (χ1n) is 10.6. The highest BCUT2D eigenvalue weighted by molar-refractivity contribution is 5.99. The van der Waals surface area contributed by atoms with E-state index in [0.717, 1.165) is 5.56 Å². The van der Waals surface area contributed by atoms with Crippen molar-refractivity contribution >= 4 is 11.8 Å². The average molecular weight is 450 g/mol. The standard InChI is InChI=1S/C26H27NO6/c1-17(16-21(28)23-24(29)22(31-3)14-15-27-23)26(30)32-18(2)25(19-10-6-4-7-11-19)33-20-12-8-5-9-13-20/h4-15,17-18,25,29H,16H2,1-3H3/t17-,18+,25+/m1/s1. The zero-order valence-corrected chi connectivity index (χ0v) is 18.8. The quantitative estimate of drug-likeness (QED) is 0.352. The van der Waals surface area contributed by atoms with E-state index >= 15 is 0 Å². The van der Waals surface area contributed by atoms with Crippen LogP contribution >= 0.6 is 0 Å². The number of ketones is 1. The summed E-state index contributed by atoms with van der Waals surface area (Å²) in [7, 11) is 1.38. The molecule has 0 fully saturated rings. The number of ether oxygens (including phenoxy) is 3.